The van der Waals surface area contributed by atoms with Crippen LogP contribution in [-0.4, -0.2) is 52.6 Å². The Morgan fingerprint density at radius 3 is 2.30 bits per heavy atom. The van der Waals surface area contributed by atoms with Crippen molar-refractivity contribution in [2.24, 2.45) is 11.8 Å². The number of carboxylic acids is 1. The quantitative estimate of drug-likeness (QED) is 0.800. The smallest absolute Gasteiger partial charge is 0.320 e. The summed E-state index contributed by atoms with van der Waals surface area (Å²) in [7, 11) is 0. The van der Waals surface area contributed by atoms with Crippen LogP contribution in [0.3, 0.4) is 0 Å². The average Bonchev–Trinajstić information content (AvgIpc) is 2.95. The molecule has 1 aliphatic carbocycles. The monoisotopic (exact) mass is 280 g/mol. The van der Waals surface area contributed by atoms with Gasteiger partial charge in [0.05, 0.1) is 5.92 Å². The molecule has 112 valence electrons. The number of aliphatic carboxylic acids is 1. The summed E-state index contributed by atoms with van der Waals surface area (Å²) in [5.41, 5.74) is 0. The van der Waals surface area contributed by atoms with Crippen molar-refractivity contribution in [3.05, 3.63) is 0 Å². The van der Waals surface area contributed by atoms with Gasteiger partial charge in [0.25, 0.3) is 0 Å². The molecule has 0 aromatic heterocycles. The van der Waals surface area contributed by atoms with Crippen LogP contribution in [0.15, 0.2) is 0 Å². The largest absolute Gasteiger partial charge is 0.481 e. The lowest BCUT2D eigenvalue weighted by Crippen LogP contribution is -2.53. The van der Waals surface area contributed by atoms with Crippen molar-refractivity contribution in [1.82, 2.24) is 9.80 Å². The van der Waals surface area contributed by atoms with Crippen molar-refractivity contribution in [1.29, 1.82) is 0 Å². The van der Waals surface area contributed by atoms with Crippen molar-refractivity contribution in [3.8, 4) is 0 Å². The van der Waals surface area contributed by atoms with E-state index in [9.17, 15) is 9.59 Å². The zero-order valence-electron chi connectivity index (χ0n) is 12.0. The zero-order valence-corrected chi connectivity index (χ0v) is 12.0. The molecule has 20 heavy (non-hydrogen) atoms. The number of hydrogen-bond donors (Lipinski definition) is 1. The molecule has 2 unspecified atom stereocenters. The lowest BCUT2D eigenvalue weighted by Gasteiger charge is -2.42. The second-order valence-corrected chi connectivity index (χ2v) is 6.48. The first-order valence-electron chi connectivity index (χ1n) is 7.95. The van der Waals surface area contributed by atoms with Gasteiger partial charge in [-0.1, -0.05) is 6.42 Å². The maximum absolute atomic E-state index is 12.7. The molecule has 3 aliphatic rings. The fourth-order valence-electron chi connectivity index (χ4n) is 4.19. The lowest BCUT2D eigenvalue weighted by molar-refractivity contribution is -0.143. The fourth-order valence-corrected chi connectivity index (χ4v) is 4.19. The van der Waals surface area contributed by atoms with Crippen LogP contribution in [0.2, 0.25) is 0 Å². The standard InChI is InChI=1S/C15H24N2O3/c18-14(19)12-6-9-16(10-7-12)15(20)17-8-2-4-11-3-1-5-13(11)17/h11-13H,1-10H2,(H,18,19). The molecule has 0 aromatic carbocycles. The topological polar surface area (TPSA) is 60.9 Å². The van der Waals surface area contributed by atoms with Gasteiger partial charge in [0, 0.05) is 25.7 Å². The zero-order chi connectivity index (χ0) is 14.1. The minimum Gasteiger partial charge on any atom is -0.481 e. The Kier molecular flexibility index (Phi) is 3.85. The van der Waals surface area contributed by atoms with E-state index in [1.165, 1.54) is 19.3 Å². The lowest BCUT2D eigenvalue weighted by atomic mass is 9.92. The van der Waals surface area contributed by atoms with Gasteiger partial charge in [-0.15, -0.1) is 0 Å². The second kappa shape index (κ2) is 5.62. The molecule has 2 atom stereocenters. The third-order valence-electron chi connectivity index (χ3n) is 5.35. The molecule has 0 radical (unpaired) electrons. The van der Waals surface area contributed by atoms with Crippen LogP contribution in [0.25, 0.3) is 0 Å². The second-order valence-electron chi connectivity index (χ2n) is 6.48. The van der Waals surface area contributed by atoms with Crippen molar-refractivity contribution < 1.29 is 14.7 Å². The Labute approximate surface area is 119 Å². The van der Waals surface area contributed by atoms with E-state index in [-0.39, 0.29) is 11.9 Å². The first-order chi connectivity index (χ1) is 9.66. The van der Waals surface area contributed by atoms with E-state index < -0.39 is 5.97 Å². The molecule has 2 amide bonds. The Morgan fingerprint density at radius 1 is 0.900 bits per heavy atom. The molecule has 0 aromatic rings. The molecule has 3 fully saturated rings. The average molecular weight is 280 g/mol. The number of carbonyl (C=O) groups excluding carboxylic acids is 1. The van der Waals surface area contributed by atoms with Crippen molar-refractivity contribution in [3.63, 3.8) is 0 Å². The highest BCUT2D eigenvalue weighted by molar-refractivity contribution is 5.76. The Balaban J connectivity index is 1.60. The van der Waals surface area contributed by atoms with E-state index in [0.29, 0.717) is 37.9 Å². The van der Waals surface area contributed by atoms with Crippen LogP contribution >= 0.6 is 0 Å². The van der Waals surface area contributed by atoms with E-state index in [4.69, 9.17) is 5.11 Å². The van der Waals surface area contributed by atoms with Crippen molar-refractivity contribution in [2.45, 2.75) is 51.0 Å². The molecular formula is C15H24N2O3. The third kappa shape index (κ3) is 2.50. The summed E-state index contributed by atoms with van der Waals surface area (Å²) in [6.45, 7) is 2.09. The maximum atomic E-state index is 12.7. The van der Waals surface area contributed by atoms with Crippen molar-refractivity contribution >= 4 is 12.0 Å². The molecule has 2 aliphatic heterocycles. The number of piperidine rings is 2. The molecule has 0 bridgehead atoms. The molecule has 5 heteroatoms. The molecule has 3 rings (SSSR count). The van der Waals surface area contributed by atoms with E-state index in [0.717, 1.165) is 19.4 Å². The first kappa shape index (κ1) is 13.7. The highest BCUT2D eigenvalue weighted by atomic mass is 16.4. The van der Waals surface area contributed by atoms with Gasteiger partial charge in [-0.2, -0.15) is 0 Å². The fraction of sp³-hybridized carbons (Fsp3) is 0.867. The van der Waals surface area contributed by atoms with Gasteiger partial charge in [0.15, 0.2) is 0 Å². The number of nitrogens with zero attached hydrogens (tertiary/aromatic N) is 2. The summed E-state index contributed by atoms with van der Waals surface area (Å²) in [6, 6.07) is 0.610. The number of urea groups is 1. The molecule has 2 saturated heterocycles. The van der Waals surface area contributed by atoms with E-state index in [2.05, 4.69) is 4.90 Å². The summed E-state index contributed by atoms with van der Waals surface area (Å²) in [6.07, 6.45) is 7.28. The van der Waals surface area contributed by atoms with Crippen molar-refractivity contribution in [2.75, 3.05) is 19.6 Å². The predicted octanol–water partition coefficient (Wildman–Crippen LogP) is 2.17. The van der Waals surface area contributed by atoms with Gasteiger partial charge in [-0.3, -0.25) is 4.79 Å². The minimum absolute atomic E-state index is 0.158. The van der Waals surface area contributed by atoms with Gasteiger partial charge < -0.3 is 14.9 Å². The SMILES string of the molecule is O=C(O)C1CCN(C(=O)N2CCCC3CCCC32)CC1. The molecule has 2 heterocycles. The maximum Gasteiger partial charge on any atom is 0.320 e. The number of carboxylic acid groups (broad SMARTS) is 1. The van der Waals surface area contributed by atoms with E-state index >= 15 is 0 Å². The molecule has 0 spiro atoms. The minimum atomic E-state index is -0.717. The van der Waals surface area contributed by atoms with Gasteiger partial charge in [-0.05, 0) is 44.4 Å². The predicted molar refractivity (Wildman–Crippen MR) is 74.4 cm³/mol. The Morgan fingerprint density at radius 2 is 1.60 bits per heavy atom. The number of hydrogen-bond acceptors (Lipinski definition) is 2. The molecular weight excluding hydrogens is 256 g/mol. The number of fused-ring (bicyclic) bond motifs is 1. The number of amides is 2. The Hall–Kier alpha value is -1.26. The summed E-state index contributed by atoms with van der Waals surface area (Å²) in [5.74, 6) is -0.269. The summed E-state index contributed by atoms with van der Waals surface area (Å²) >= 11 is 0. The normalized spacial score (nSPS) is 31.2. The highest BCUT2D eigenvalue weighted by Gasteiger charge is 2.39. The highest BCUT2D eigenvalue weighted by Crippen LogP contribution is 2.37. The van der Waals surface area contributed by atoms with Crippen LogP contribution in [0.4, 0.5) is 4.79 Å². The van der Waals surface area contributed by atoms with Crippen LogP contribution in [0.1, 0.15) is 44.9 Å². The van der Waals surface area contributed by atoms with Crippen LogP contribution in [-0.2, 0) is 4.79 Å². The molecule has 1 N–H and O–H groups in total. The molecule has 5 nitrogen and oxygen atoms in total. The third-order valence-corrected chi connectivity index (χ3v) is 5.35. The van der Waals surface area contributed by atoms with Gasteiger partial charge >= 0.3 is 12.0 Å². The molecule has 1 saturated carbocycles. The first-order valence-corrected chi connectivity index (χ1v) is 7.95. The van der Waals surface area contributed by atoms with Crippen LogP contribution in [0, 0.1) is 11.8 Å². The summed E-state index contributed by atoms with van der Waals surface area (Å²) < 4.78 is 0. The number of rotatable bonds is 1. The van der Waals surface area contributed by atoms with E-state index in [1.54, 1.807) is 0 Å². The van der Waals surface area contributed by atoms with Crippen LogP contribution in [0.5, 0.6) is 0 Å². The van der Waals surface area contributed by atoms with Gasteiger partial charge in [0.2, 0.25) is 0 Å². The Bertz CT molecular complexity index is 391. The van der Waals surface area contributed by atoms with Gasteiger partial charge in [-0.25, -0.2) is 4.79 Å². The number of carbonyl (C=O) groups is 2. The van der Waals surface area contributed by atoms with Crippen LogP contribution < -0.4 is 0 Å². The summed E-state index contributed by atoms with van der Waals surface area (Å²) in [4.78, 5) is 27.6. The van der Waals surface area contributed by atoms with Gasteiger partial charge in [0.1, 0.15) is 0 Å². The summed E-state index contributed by atoms with van der Waals surface area (Å²) in [5, 5.41) is 9.02. The number of likely N-dealkylation sites (tertiary alicyclic amines) is 2. The van der Waals surface area contributed by atoms with E-state index in [1.807, 2.05) is 4.90 Å².